The van der Waals surface area contributed by atoms with Crippen molar-refractivity contribution in [2.45, 2.75) is 6.42 Å². The fourth-order valence-corrected chi connectivity index (χ4v) is 2.07. The molecule has 0 aromatic carbocycles. The van der Waals surface area contributed by atoms with Gasteiger partial charge in [-0.15, -0.1) is 10.2 Å². The number of hydrogen-bond donors (Lipinski definition) is 1. The maximum atomic E-state index is 6.03. The van der Waals surface area contributed by atoms with E-state index in [0.29, 0.717) is 17.4 Å². The highest BCUT2D eigenvalue weighted by molar-refractivity contribution is 9.10. The Morgan fingerprint density at radius 3 is 3.00 bits per heavy atom. The summed E-state index contributed by atoms with van der Waals surface area (Å²) in [5.74, 6) is 1.60. The molecule has 2 aromatic heterocycles. The third kappa shape index (κ3) is 3.17. The summed E-state index contributed by atoms with van der Waals surface area (Å²) in [5, 5.41) is 11.6. The highest BCUT2D eigenvalue weighted by Crippen LogP contribution is 2.22. The number of hydrogen-bond acceptors (Lipinski definition) is 4. The molecule has 1 N–H and O–H groups in total. The molecule has 0 bridgehead atoms. The van der Waals surface area contributed by atoms with E-state index in [1.807, 2.05) is 11.6 Å². The summed E-state index contributed by atoms with van der Waals surface area (Å²) >= 11 is 9.34. The monoisotopic (exact) mass is 315 g/mol. The van der Waals surface area contributed by atoms with Gasteiger partial charge in [0.1, 0.15) is 18.0 Å². The quantitative estimate of drug-likeness (QED) is 0.940. The van der Waals surface area contributed by atoms with Crippen molar-refractivity contribution in [3.63, 3.8) is 0 Å². The van der Waals surface area contributed by atoms with Crippen molar-refractivity contribution in [2.75, 3.05) is 11.9 Å². The van der Waals surface area contributed by atoms with Crippen LogP contribution in [0.15, 0.2) is 23.1 Å². The molecule has 0 fully saturated rings. The smallest absolute Gasteiger partial charge is 0.144 e. The van der Waals surface area contributed by atoms with Crippen LogP contribution in [0.4, 0.5) is 5.82 Å². The maximum absolute atomic E-state index is 6.03. The Labute approximate surface area is 112 Å². The van der Waals surface area contributed by atoms with Crippen LogP contribution < -0.4 is 5.32 Å². The molecule has 0 aliphatic carbocycles. The highest BCUT2D eigenvalue weighted by atomic mass is 79.9. The molecule has 0 saturated carbocycles. The Morgan fingerprint density at radius 1 is 1.53 bits per heavy atom. The molecule has 17 heavy (non-hydrogen) atoms. The van der Waals surface area contributed by atoms with Crippen LogP contribution in [0.5, 0.6) is 0 Å². The van der Waals surface area contributed by atoms with E-state index in [9.17, 15) is 0 Å². The van der Waals surface area contributed by atoms with Crippen molar-refractivity contribution in [1.29, 1.82) is 0 Å². The zero-order valence-corrected chi connectivity index (χ0v) is 11.5. The Bertz CT molecular complexity index is 513. The lowest BCUT2D eigenvalue weighted by Gasteiger charge is -2.07. The predicted octanol–water partition coefficient (Wildman–Crippen LogP) is 2.28. The van der Waals surface area contributed by atoms with E-state index in [4.69, 9.17) is 11.6 Å². The van der Waals surface area contributed by atoms with Crippen LogP contribution in [0.2, 0.25) is 5.02 Å². The molecular formula is C10H11BrClN5. The molecule has 5 nitrogen and oxygen atoms in total. The Hall–Kier alpha value is -1.14. The number of rotatable bonds is 4. The summed E-state index contributed by atoms with van der Waals surface area (Å²) in [7, 11) is 1.92. The van der Waals surface area contributed by atoms with Crippen LogP contribution in [0, 0.1) is 0 Å². The summed E-state index contributed by atoms with van der Waals surface area (Å²) in [6, 6.07) is 1.80. The standard InChI is InChI=1S/C10H11BrClN5/c1-17-6-15-16-9(17)2-3-13-10-8(12)4-7(11)5-14-10/h4-6H,2-3H2,1H3,(H,13,14). The predicted molar refractivity (Wildman–Crippen MR) is 70.1 cm³/mol. The minimum atomic E-state index is 0.595. The van der Waals surface area contributed by atoms with Crippen molar-refractivity contribution in [1.82, 2.24) is 19.7 Å². The van der Waals surface area contributed by atoms with Crippen LogP contribution in [-0.4, -0.2) is 26.3 Å². The summed E-state index contributed by atoms with van der Waals surface area (Å²) in [6.07, 6.45) is 4.15. The van der Waals surface area contributed by atoms with Gasteiger partial charge >= 0.3 is 0 Å². The average molecular weight is 317 g/mol. The van der Waals surface area contributed by atoms with Crippen molar-refractivity contribution >= 4 is 33.3 Å². The first kappa shape index (κ1) is 12.3. The van der Waals surface area contributed by atoms with Gasteiger partial charge in [0.2, 0.25) is 0 Å². The van der Waals surface area contributed by atoms with E-state index in [1.54, 1.807) is 18.6 Å². The summed E-state index contributed by atoms with van der Waals surface area (Å²) < 4.78 is 2.75. The van der Waals surface area contributed by atoms with Crippen LogP contribution in [0.1, 0.15) is 5.82 Å². The molecule has 0 spiro atoms. The number of pyridine rings is 1. The van der Waals surface area contributed by atoms with Crippen molar-refractivity contribution in [2.24, 2.45) is 7.05 Å². The molecule has 7 heteroatoms. The first-order chi connectivity index (χ1) is 8.16. The zero-order valence-electron chi connectivity index (χ0n) is 9.19. The average Bonchev–Trinajstić information content (AvgIpc) is 2.68. The molecule has 0 saturated heterocycles. The number of nitrogens with zero attached hydrogens (tertiary/aromatic N) is 4. The lowest BCUT2D eigenvalue weighted by molar-refractivity contribution is 0.787. The maximum Gasteiger partial charge on any atom is 0.144 e. The van der Waals surface area contributed by atoms with Crippen LogP contribution in [0.25, 0.3) is 0 Å². The lowest BCUT2D eigenvalue weighted by Crippen LogP contribution is -2.09. The summed E-state index contributed by atoms with van der Waals surface area (Å²) in [5.41, 5.74) is 0. The first-order valence-corrected chi connectivity index (χ1v) is 6.21. The molecule has 0 radical (unpaired) electrons. The Morgan fingerprint density at radius 2 is 2.35 bits per heavy atom. The van der Waals surface area contributed by atoms with Crippen molar-refractivity contribution < 1.29 is 0 Å². The van der Waals surface area contributed by atoms with Gasteiger partial charge in [-0.3, -0.25) is 0 Å². The van der Waals surface area contributed by atoms with E-state index in [0.717, 1.165) is 16.7 Å². The number of halogens is 2. The number of anilines is 1. The third-order valence-electron chi connectivity index (χ3n) is 2.25. The SMILES string of the molecule is Cn1cnnc1CCNc1ncc(Br)cc1Cl. The van der Waals surface area contributed by atoms with Gasteiger partial charge in [0.05, 0.1) is 5.02 Å². The topological polar surface area (TPSA) is 55.6 Å². The number of nitrogens with one attached hydrogen (secondary N) is 1. The zero-order chi connectivity index (χ0) is 12.3. The van der Waals surface area contributed by atoms with Gasteiger partial charge in [0.15, 0.2) is 0 Å². The summed E-state index contributed by atoms with van der Waals surface area (Å²) in [6.45, 7) is 0.709. The van der Waals surface area contributed by atoms with Crippen molar-refractivity contribution in [3.05, 3.63) is 33.9 Å². The van der Waals surface area contributed by atoms with E-state index < -0.39 is 0 Å². The van der Waals surface area contributed by atoms with Gasteiger partial charge in [-0.2, -0.15) is 0 Å². The Balaban J connectivity index is 1.92. The van der Waals surface area contributed by atoms with Gasteiger partial charge in [0, 0.05) is 30.7 Å². The van der Waals surface area contributed by atoms with E-state index in [1.165, 1.54) is 0 Å². The fourth-order valence-electron chi connectivity index (χ4n) is 1.37. The van der Waals surface area contributed by atoms with Crippen LogP contribution in [0.3, 0.4) is 0 Å². The molecule has 0 aliphatic heterocycles. The second kappa shape index (κ2) is 5.46. The highest BCUT2D eigenvalue weighted by Gasteiger charge is 2.04. The molecule has 0 aliphatic rings. The molecule has 0 unspecified atom stereocenters. The minimum Gasteiger partial charge on any atom is -0.368 e. The lowest BCUT2D eigenvalue weighted by atomic mass is 10.4. The van der Waals surface area contributed by atoms with E-state index in [-0.39, 0.29) is 0 Å². The Kier molecular flexibility index (Phi) is 3.96. The second-order valence-electron chi connectivity index (χ2n) is 3.52. The number of aryl methyl sites for hydroxylation is 1. The van der Waals surface area contributed by atoms with E-state index >= 15 is 0 Å². The second-order valence-corrected chi connectivity index (χ2v) is 4.84. The van der Waals surface area contributed by atoms with Gasteiger partial charge < -0.3 is 9.88 Å². The molecule has 0 amide bonds. The summed E-state index contributed by atoms with van der Waals surface area (Å²) in [4.78, 5) is 4.19. The molecule has 0 atom stereocenters. The van der Waals surface area contributed by atoms with Crippen LogP contribution >= 0.6 is 27.5 Å². The van der Waals surface area contributed by atoms with Crippen LogP contribution in [-0.2, 0) is 13.5 Å². The van der Waals surface area contributed by atoms with Gasteiger partial charge in [0.25, 0.3) is 0 Å². The normalized spacial score (nSPS) is 10.5. The van der Waals surface area contributed by atoms with Gasteiger partial charge in [-0.05, 0) is 22.0 Å². The minimum absolute atomic E-state index is 0.595. The molecular weight excluding hydrogens is 306 g/mol. The molecule has 2 aromatic rings. The van der Waals surface area contributed by atoms with Crippen molar-refractivity contribution in [3.8, 4) is 0 Å². The largest absolute Gasteiger partial charge is 0.368 e. The fraction of sp³-hybridized carbons (Fsp3) is 0.300. The van der Waals surface area contributed by atoms with Gasteiger partial charge in [-0.25, -0.2) is 4.98 Å². The third-order valence-corrected chi connectivity index (χ3v) is 2.98. The molecule has 90 valence electrons. The molecule has 2 rings (SSSR count). The number of aromatic nitrogens is 4. The van der Waals surface area contributed by atoms with Gasteiger partial charge in [-0.1, -0.05) is 11.6 Å². The first-order valence-electron chi connectivity index (χ1n) is 5.04. The molecule has 2 heterocycles. The van der Waals surface area contributed by atoms with E-state index in [2.05, 4.69) is 36.4 Å².